The molecule has 0 amide bonds. The fourth-order valence-corrected chi connectivity index (χ4v) is 2.43. The van der Waals surface area contributed by atoms with Crippen molar-refractivity contribution in [3.63, 3.8) is 0 Å². The van der Waals surface area contributed by atoms with E-state index in [1.54, 1.807) is 13.0 Å². The van der Waals surface area contributed by atoms with Crippen LogP contribution >= 0.6 is 0 Å². The zero-order valence-corrected chi connectivity index (χ0v) is 11.9. The van der Waals surface area contributed by atoms with Crippen molar-refractivity contribution in [3.05, 3.63) is 64.0 Å². The second-order valence-corrected chi connectivity index (χ2v) is 5.13. The molecule has 21 heavy (non-hydrogen) atoms. The van der Waals surface area contributed by atoms with Gasteiger partial charge in [-0.15, -0.1) is 0 Å². The Balaban J connectivity index is 1.93. The third-order valence-corrected chi connectivity index (χ3v) is 3.47. The average Bonchev–Trinajstić information content (AvgIpc) is 2.86. The summed E-state index contributed by atoms with van der Waals surface area (Å²) in [6.07, 6.45) is -0.890. The van der Waals surface area contributed by atoms with E-state index in [0.717, 1.165) is 16.7 Å². The molecule has 0 saturated heterocycles. The Morgan fingerprint density at radius 1 is 1.29 bits per heavy atom. The molecule has 0 radical (unpaired) electrons. The van der Waals surface area contributed by atoms with Crippen LogP contribution in [0.15, 0.2) is 45.6 Å². The molecule has 1 atom stereocenters. The molecule has 3 rings (SSSR count). The first-order chi connectivity index (χ1) is 10.0. The monoisotopic (exact) mass is 284 g/mol. The summed E-state index contributed by atoms with van der Waals surface area (Å²) in [4.78, 5) is 15.8. The van der Waals surface area contributed by atoms with Crippen molar-refractivity contribution in [1.29, 1.82) is 0 Å². The van der Waals surface area contributed by atoms with Crippen molar-refractivity contribution in [2.45, 2.75) is 26.5 Å². The lowest BCUT2D eigenvalue weighted by Crippen LogP contribution is -2.28. The highest BCUT2D eigenvalue weighted by Crippen LogP contribution is 2.24. The van der Waals surface area contributed by atoms with E-state index >= 15 is 0 Å². The minimum absolute atomic E-state index is 0.123. The highest BCUT2D eigenvalue weighted by atomic mass is 16.4. The second-order valence-electron chi connectivity index (χ2n) is 5.13. The third kappa shape index (κ3) is 2.60. The number of aryl methyl sites for hydroxylation is 2. The minimum atomic E-state index is -0.890. The fraction of sp³-hybridized carbons (Fsp3) is 0.250. The van der Waals surface area contributed by atoms with Crippen molar-refractivity contribution < 1.29 is 9.52 Å². The summed E-state index contributed by atoms with van der Waals surface area (Å²) in [5.74, 6) is 0.447. The molecule has 0 aliphatic rings. The number of rotatable bonds is 3. The molecular weight excluding hydrogens is 268 g/mol. The number of hydrogen-bond acceptors (Lipinski definition) is 4. The van der Waals surface area contributed by atoms with Crippen LogP contribution in [0.1, 0.15) is 23.3 Å². The topological polar surface area (TPSA) is 68.3 Å². The van der Waals surface area contributed by atoms with Gasteiger partial charge in [0.1, 0.15) is 17.4 Å². The first-order valence-corrected chi connectivity index (χ1v) is 6.76. The summed E-state index contributed by atoms with van der Waals surface area (Å²) in [6.45, 7) is 3.72. The average molecular weight is 284 g/mol. The van der Waals surface area contributed by atoms with Crippen molar-refractivity contribution >= 4 is 11.0 Å². The number of aliphatic hydroxyl groups excluding tert-OH is 1. The van der Waals surface area contributed by atoms with E-state index in [0.29, 0.717) is 11.5 Å². The number of furan rings is 1. The van der Waals surface area contributed by atoms with Crippen LogP contribution in [0.25, 0.3) is 11.0 Å². The van der Waals surface area contributed by atoms with Gasteiger partial charge in [0.05, 0.1) is 6.54 Å². The first-order valence-electron chi connectivity index (χ1n) is 6.76. The molecule has 108 valence electrons. The molecule has 0 aliphatic carbocycles. The van der Waals surface area contributed by atoms with Gasteiger partial charge in [0.2, 0.25) is 0 Å². The summed E-state index contributed by atoms with van der Waals surface area (Å²) in [5.41, 5.74) is 1.80. The molecule has 5 nitrogen and oxygen atoms in total. The maximum absolute atomic E-state index is 11.9. The SMILES string of the molecule is Cc1cc(C)n(CC(O)c2cc3ccccc3o2)c(=O)n1. The molecule has 5 heteroatoms. The van der Waals surface area contributed by atoms with E-state index in [1.807, 2.05) is 37.3 Å². The Hall–Kier alpha value is -2.40. The van der Waals surface area contributed by atoms with Crippen LogP contribution < -0.4 is 5.69 Å². The molecule has 0 spiro atoms. The molecule has 2 heterocycles. The van der Waals surface area contributed by atoms with Gasteiger partial charge in [-0.05, 0) is 32.0 Å². The molecule has 0 fully saturated rings. The van der Waals surface area contributed by atoms with Gasteiger partial charge in [-0.2, -0.15) is 4.98 Å². The summed E-state index contributed by atoms with van der Waals surface area (Å²) in [7, 11) is 0. The second kappa shape index (κ2) is 5.18. The molecule has 0 aliphatic heterocycles. The Labute approximate surface area is 121 Å². The maximum atomic E-state index is 11.9. The van der Waals surface area contributed by atoms with E-state index in [4.69, 9.17) is 4.42 Å². The quantitative estimate of drug-likeness (QED) is 0.801. The predicted molar refractivity (Wildman–Crippen MR) is 79.1 cm³/mol. The number of aromatic nitrogens is 2. The molecule has 1 unspecified atom stereocenters. The Bertz CT molecular complexity index is 815. The molecule has 0 saturated carbocycles. The summed E-state index contributed by atoms with van der Waals surface area (Å²) >= 11 is 0. The zero-order valence-electron chi connectivity index (χ0n) is 11.9. The van der Waals surface area contributed by atoms with Crippen LogP contribution in [0.5, 0.6) is 0 Å². The summed E-state index contributed by atoms with van der Waals surface area (Å²) in [5, 5.41) is 11.2. The number of benzene rings is 1. The van der Waals surface area contributed by atoms with Crippen molar-refractivity contribution in [1.82, 2.24) is 9.55 Å². The maximum Gasteiger partial charge on any atom is 0.348 e. The van der Waals surface area contributed by atoms with Gasteiger partial charge in [0.25, 0.3) is 0 Å². The van der Waals surface area contributed by atoms with Crippen LogP contribution in [0.3, 0.4) is 0 Å². The fourth-order valence-electron chi connectivity index (χ4n) is 2.43. The molecule has 2 aromatic heterocycles. The van der Waals surface area contributed by atoms with E-state index in [9.17, 15) is 9.90 Å². The largest absolute Gasteiger partial charge is 0.458 e. The number of hydrogen-bond donors (Lipinski definition) is 1. The van der Waals surface area contributed by atoms with Crippen LogP contribution in [-0.4, -0.2) is 14.7 Å². The lowest BCUT2D eigenvalue weighted by molar-refractivity contribution is 0.130. The standard InChI is InChI=1S/C16H16N2O3/c1-10-7-11(2)18(16(20)17-10)9-13(19)15-8-12-5-3-4-6-14(12)21-15/h3-8,13,19H,9H2,1-2H3. The predicted octanol–water partition coefficient (Wildman–Crippen LogP) is 2.34. The van der Waals surface area contributed by atoms with Crippen LogP contribution in [0.2, 0.25) is 0 Å². The van der Waals surface area contributed by atoms with E-state index < -0.39 is 6.10 Å². The Morgan fingerprint density at radius 3 is 2.76 bits per heavy atom. The number of fused-ring (bicyclic) bond motifs is 1. The summed E-state index contributed by atoms with van der Waals surface area (Å²) in [6, 6.07) is 11.2. The van der Waals surface area contributed by atoms with Crippen molar-refractivity contribution in [3.8, 4) is 0 Å². The Kier molecular flexibility index (Phi) is 3.35. The van der Waals surface area contributed by atoms with Gasteiger partial charge in [-0.25, -0.2) is 4.79 Å². The van der Waals surface area contributed by atoms with E-state index in [1.165, 1.54) is 4.57 Å². The van der Waals surface area contributed by atoms with Crippen molar-refractivity contribution in [2.75, 3.05) is 0 Å². The molecule has 1 aromatic carbocycles. The molecule has 1 N–H and O–H groups in total. The third-order valence-electron chi connectivity index (χ3n) is 3.47. The first kappa shape index (κ1) is 13.6. The van der Waals surface area contributed by atoms with Crippen LogP contribution in [-0.2, 0) is 6.54 Å². The van der Waals surface area contributed by atoms with Crippen LogP contribution in [0, 0.1) is 13.8 Å². The van der Waals surface area contributed by atoms with Gasteiger partial charge in [-0.1, -0.05) is 18.2 Å². The minimum Gasteiger partial charge on any atom is -0.458 e. The zero-order chi connectivity index (χ0) is 15.0. The molecular formula is C16H16N2O3. The lowest BCUT2D eigenvalue weighted by atomic mass is 10.2. The smallest absolute Gasteiger partial charge is 0.348 e. The molecule has 3 aromatic rings. The van der Waals surface area contributed by atoms with Gasteiger partial charge in [0.15, 0.2) is 0 Å². The van der Waals surface area contributed by atoms with E-state index in [-0.39, 0.29) is 12.2 Å². The number of aliphatic hydroxyl groups is 1. The van der Waals surface area contributed by atoms with Crippen molar-refractivity contribution in [2.24, 2.45) is 0 Å². The van der Waals surface area contributed by atoms with Gasteiger partial charge in [0, 0.05) is 16.8 Å². The number of para-hydroxylation sites is 1. The van der Waals surface area contributed by atoms with Crippen LogP contribution in [0.4, 0.5) is 0 Å². The Morgan fingerprint density at radius 2 is 2.05 bits per heavy atom. The lowest BCUT2D eigenvalue weighted by Gasteiger charge is -2.13. The van der Waals surface area contributed by atoms with Gasteiger partial charge < -0.3 is 9.52 Å². The highest BCUT2D eigenvalue weighted by molar-refractivity contribution is 5.77. The van der Waals surface area contributed by atoms with E-state index in [2.05, 4.69) is 4.98 Å². The van der Waals surface area contributed by atoms with Gasteiger partial charge in [-0.3, -0.25) is 4.57 Å². The normalized spacial score (nSPS) is 12.7. The highest BCUT2D eigenvalue weighted by Gasteiger charge is 2.16. The van der Waals surface area contributed by atoms with Gasteiger partial charge >= 0.3 is 5.69 Å². The number of nitrogens with zero attached hydrogens (tertiary/aromatic N) is 2. The summed E-state index contributed by atoms with van der Waals surface area (Å²) < 4.78 is 7.07. The molecule has 0 bridgehead atoms.